The predicted molar refractivity (Wildman–Crippen MR) is 196 cm³/mol. The number of alkyl carbamates (subject to hydrolysis) is 1. The maximum absolute atomic E-state index is 14.3. The summed E-state index contributed by atoms with van der Waals surface area (Å²) in [5, 5.41) is 30.3. The van der Waals surface area contributed by atoms with Crippen LogP contribution in [0.1, 0.15) is 60.2 Å². The van der Waals surface area contributed by atoms with E-state index in [9.17, 15) is 24.6 Å². The van der Waals surface area contributed by atoms with Gasteiger partial charge in [-0.05, 0) is 51.9 Å². The van der Waals surface area contributed by atoms with Gasteiger partial charge >= 0.3 is 6.09 Å². The smallest absolute Gasteiger partial charge is 0.407 e. The molecule has 0 radical (unpaired) electrons. The van der Waals surface area contributed by atoms with E-state index in [2.05, 4.69) is 32.9 Å². The summed E-state index contributed by atoms with van der Waals surface area (Å²) in [6.45, 7) is 5.13. The molecule has 0 aliphatic heterocycles. The lowest BCUT2D eigenvalue weighted by Crippen LogP contribution is -2.62. The number of aliphatic hydroxyl groups is 2. The monoisotopic (exact) mass is 703 g/mol. The quantitative estimate of drug-likeness (QED) is 0.117. The summed E-state index contributed by atoms with van der Waals surface area (Å²) in [6.07, 6.45) is 1.98. The lowest BCUT2D eigenvalue weighted by molar-refractivity contribution is -0.147. The number of methoxy groups -OCH3 is 1. The summed E-state index contributed by atoms with van der Waals surface area (Å²) < 4.78 is 4.79. The molecule has 4 atom stereocenters. The van der Waals surface area contributed by atoms with Crippen molar-refractivity contribution in [3.05, 3.63) is 137 Å². The van der Waals surface area contributed by atoms with Crippen molar-refractivity contribution in [1.29, 1.82) is 0 Å². The molecule has 4 aromatic rings. The van der Waals surface area contributed by atoms with Crippen LogP contribution in [0.25, 0.3) is 0 Å². The zero-order valence-corrected chi connectivity index (χ0v) is 29.8. The molecule has 11 nitrogen and oxygen atoms in total. The standard InChI is InChI=1S/C41H45N5O6/c1-40(2,3)36(44-39(50)52-4)37(48)45-46(26-31-20-17-28(18-21-31)16-19-30-13-10-22-42-25-30)27-41(51,24-29-11-6-5-7-12-29)38(49)43-35-33-15-9-8-14-32(33)23-34(35)47/h5-15,17-18,20-22,25,34-36,47,51H,23-24,26-27H2,1-4H3,(H,43,49)(H,44,50)(H,45,48)/t34-,35+,36-,41+/m1/s1. The Morgan fingerprint density at radius 3 is 2.29 bits per heavy atom. The molecule has 52 heavy (non-hydrogen) atoms. The van der Waals surface area contributed by atoms with Gasteiger partial charge in [0.05, 0.1) is 25.8 Å². The van der Waals surface area contributed by atoms with Crippen molar-refractivity contribution in [3.8, 4) is 11.8 Å². The molecule has 1 heterocycles. The highest BCUT2D eigenvalue weighted by Crippen LogP contribution is 2.32. The Bertz CT molecular complexity index is 1900. The minimum atomic E-state index is -2.09. The number of hydrazine groups is 1. The summed E-state index contributed by atoms with van der Waals surface area (Å²) in [4.78, 5) is 44.6. The fourth-order valence-corrected chi connectivity index (χ4v) is 6.18. The third-order valence-corrected chi connectivity index (χ3v) is 8.89. The Labute approximate surface area is 304 Å². The third-order valence-electron chi connectivity index (χ3n) is 8.89. The zero-order valence-electron chi connectivity index (χ0n) is 29.8. The van der Waals surface area contributed by atoms with Crippen LogP contribution in [0.4, 0.5) is 4.79 Å². The first-order chi connectivity index (χ1) is 24.8. The molecule has 11 heteroatoms. The molecule has 5 N–H and O–H groups in total. The van der Waals surface area contributed by atoms with Gasteiger partial charge in [-0.1, -0.05) is 99.3 Å². The van der Waals surface area contributed by atoms with E-state index in [1.165, 1.54) is 12.1 Å². The summed E-state index contributed by atoms with van der Waals surface area (Å²) in [5.41, 5.74) is 4.73. The van der Waals surface area contributed by atoms with Crippen molar-refractivity contribution in [2.45, 2.75) is 63.9 Å². The van der Waals surface area contributed by atoms with Crippen LogP contribution >= 0.6 is 0 Å². The Morgan fingerprint density at radius 2 is 1.62 bits per heavy atom. The molecule has 0 spiro atoms. The van der Waals surface area contributed by atoms with E-state index in [0.29, 0.717) is 12.0 Å². The first-order valence-corrected chi connectivity index (χ1v) is 17.1. The van der Waals surface area contributed by atoms with E-state index in [4.69, 9.17) is 4.74 Å². The topological polar surface area (TPSA) is 153 Å². The van der Waals surface area contributed by atoms with Crippen LogP contribution < -0.4 is 16.1 Å². The van der Waals surface area contributed by atoms with Crippen LogP contribution in [-0.2, 0) is 33.7 Å². The number of hydrogen-bond acceptors (Lipinski definition) is 8. The number of nitrogens with zero attached hydrogens (tertiary/aromatic N) is 2. The van der Waals surface area contributed by atoms with E-state index in [-0.39, 0.29) is 19.5 Å². The van der Waals surface area contributed by atoms with Crippen LogP contribution in [0.5, 0.6) is 0 Å². The summed E-state index contributed by atoms with van der Waals surface area (Å²) in [7, 11) is 1.21. The number of carbonyl (C=O) groups excluding carboxylic acids is 3. The maximum atomic E-state index is 14.3. The van der Waals surface area contributed by atoms with Crippen LogP contribution in [-0.4, -0.2) is 69.5 Å². The minimum absolute atomic E-state index is 0.0798. The van der Waals surface area contributed by atoms with Crippen molar-refractivity contribution >= 4 is 17.9 Å². The molecule has 3 aromatic carbocycles. The molecular weight excluding hydrogens is 658 g/mol. The second-order valence-electron chi connectivity index (χ2n) is 14.1. The number of aliphatic hydroxyl groups excluding tert-OH is 1. The van der Waals surface area contributed by atoms with E-state index < -0.39 is 47.1 Å². The summed E-state index contributed by atoms with van der Waals surface area (Å²) in [5.74, 6) is 4.91. The number of ether oxygens (including phenoxy) is 1. The number of nitrogens with one attached hydrogen (secondary N) is 3. The Balaban J connectivity index is 1.46. The second-order valence-corrected chi connectivity index (χ2v) is 14.1. The lowest BCUT2D eigenvalue weighted by atomic mass is 9.86. The van der Waals surface area contributed by atoms with Gasteiger partial charge in [0.25, 0.3) is 11.8 Å². The van der Waals surface area contributed by atoms with Gasteiger partial charge in [-0.2, -0.15) is 0 Å². The Morgan fingerprint density at radius 1 is 0.923 bits per heavy atom. The molecule has 0 unspecified atom stereocenters. The van der Waals surface area contributed by atoms with Crippen molar-refractivity contribution in [2.75, 3.05) is 13.7 Å². The van der Waals surface area contributed by atoms with Gasteiger partial charge < -0.3 is 25.6 Å². The van der Waals surface area contributed by atoms with Gasteiger partial charge in [-0.25, -0.2) is 9.80 Å². The average Bonchev–Trinajstić information content (AvgIpc) is 3.44. The van der Waals surface area contributed by atoms with Gasteiger partial charge in [0.1, 0.15) is 6.04 Å². The molecule has 0 saturated heterocycles. The average molecular weight is 704 g/mol. The molecule has 1 aromatic heterocycles. The first kappa shape index (κ1) is 37.7. The number of benzene rings is 3. The molecule has 1 aliphatic carbocycles. The van der Waals surface area contributed by atoms with Crippen molar-refractivity contribution in [1.82, 2.24) is 26.1 Å². The highest BCUT2D eigenvalue weighted by Gasteiger charge is 2.43. The number of rotatable bonds is 11. The molecule has 0 saturated carbocycles. The second kappa shape index (κ2) is 16.7. The number of amides is 3. The molecule has 0 fully saturated rings. The van der Waals surface area contributed by atoms with Gasteiger partial charge in [-0.3, -0.25) is 20.0 Å². The molecule has 1 aliphatic rings. The number of hydrogen-bond donors (Lipinski definition) is 5. The molecule has 3 amide bonds. The van der Waals surface area contributed by atoms with E-state index >= 15 is 0 Å². The van der Waals surface area contributed by atoms with Crippen LogP contribution in [0.3, 0.4) is 0 Å². The summed E-state index contributed by atoms with van der Waals surface area (Å²) in [6, 6.07) is 25.9. The third kappa shape index (κ3) is 9.82. The highest BCUT2D eigenvalue weighted by atomic mass is 16.5. The normalized spacial score (nSPS) is 16.8. The maximum Gasteiger partial charge on any atom is 0.407 e. The van der Waals surface area contributed by atoms with Crippen molar-refractivity contribution < 1.29 is 29.3 Å². The number of aromatic nitrogens is 1. The van der Waals surface area contributed by atoms with Crippen LogP contribution in [0.2, 0.25) is 0 Å². The molecule has 5 rings (SSSR count). The minimum Gasteiger partial charge on any atom is -0.453 e. The fourth-order valence-electron chi connectivity index (χ4n) is 6.18. The van der Waals surface area contributed by atoms with Gasteiger partial charge in [0.2, 0.25) is 0 Å². The molecule has 270 valence electrons. The Kier molecular flexibility index (Phi) is 12.1. The molecule has 0 bridgehead atoms. The Hall–Kier alpha value is -5.54. The molecular formula is C41H45N5O6. The van der Waals surface area contributed by atoms with E-state index in [0.717, 1.165) is 27.8 Å². The van der Waals surface area contributed by atoms with Gasteiger partial charge in [0.15, 0.2) is 5.60 Å². The zero-order chi connectivity index (χ0) is 37.3. The lowest BCUT2D eigenvalue weighted by Gasteiger charge is -2.37. The largest absolute Gasteiger partial charge is 0.453 e. The SMILES string of the molecule is COC(=O)N[C@H](C(=O)NN(Cc1ccc(C#Cc2cccnc2)cc1)C[C@@](O)(Cc1ccccc1)C(=O)N[C@H]1c2ccccc2C[C@H]1O)C(C)(C)C. The van der Waals surface area contributed by atoms with Crippen molar-refractivity contribution in [3.63, 3.8) is 0 Å². The van der Waals surface area contributed by atoms with Crippen LogP contribution in [0, 0.1) is 17.3 Å². The van der Waals surface area contributed by atoms with Gasteiger partial charge in [0, 0.05) is 42.9 Å². The number of pyridine rings is 1. The highest BCUT2D eigenvalue weighted by molar-refractivity contribution is 5.87. The van der Waals surface area contributed by atoms with Gasteiger partial charge in [-0.15, -0.1) is 0 Å². The van der Waals surface area contributed by atoms with Crippen LogP contribution in [0.15, 0.2) is 103 Å². The van der Waals surface area contributed by atoms with Crippen molar-refractivity contribution in [2.24, 2.45) is 5.41 Å². The summed E-state index contributed by atoms with van der Waals surface area (Å²) >= 11 is 0. The fraction of sp³-hybridized carbons (Fsp3) is 0.317. The number of carbonyl (C=O) groups is 3. The number of fused-ring (bicyclic) bond motifs is 1. The first-order valence-electron chi connectivity index (χ1n) is 17.1. The van der Waals surface area contributed by atoms with E-state index in [1.54, 1.807) is 33.2 Å². The predicted octanol–water partition coefficient (Wildman–Crippen LogP) is 3.83. The van der Waals surface area contributed by atoms with E-state index in [1.807, 2.05) is 91.0 Å².